The van der Waals surface area contributed by atoms with Crippen molar-refractivity contribution in [2.75, 3.05) is 31.6 Å². The van der Waals surface area contributed by atoms with Gasteiger partial charge in [-0.1, -0.05) is 48.0 Å². The maximum Gasteiger partial charge on any atom is 0.135 e. The molecule has 33 heavy (non-hydrogen) atoms. The molecule has 4 aromatic rings. The first-order chi connectivity index (χ1) is 16.3. The lowest BCUT2D eigenvalue weighted by atomic mass is 9.93. The Morgan fingerprint density at radius 2 is 1.91 bits per heavy atom. The van der Waals surface area contributed by atoms with Gasteiger partial charge in [0.25, 0.3) is 0 Å². The molecule has 0 spiro atoms. The predicted octanol–water partition coefficient (Wildman–Crippen LogP) is 4.54. The predicted molar refractivity (Wildman–Crippen MR) is 129 cm³/mol. The average Bonchev–Trinajstić information content (AvgIpc) is 3.36. The van der Waals surface area contributed by atoms with Gasteiger partial charge in [0.2, 0.25) is 0 Å². The second-order valence-corrected chi connectivity index (χ2v) is 8.36. The molecule has 1 unspecified atom stereocenters. The Bertz CT molecular complexity index is 1190. The molecule has 1 atom stereocenters. The quantitative estimate of drug-likeness (QED) is 0.408. The molecule has 2 aromatic carbocycles. The molecule has 1 aliphatic heterocycles. The van der Waals surface area contributed by atoms with Crippen molar-refractivity contribution in [3.8, 4) is 0 Å². The smallest absolute Gasteiger partial charge is 0.135 e. The summed E-state index contributed by atoms with van der Waals surface area (Å²) in [6.07, 6.45) is 7.16. The van der Waals surface area contributed by atoms with Crippen molar-refractivity contribution in [2.24, 2.45) is 0 Å². The van der Waals surface area contributed by atoms with E-state index in [4.69, 9.17) is 16.3 Å². The van der Waals surface area contributed by atoms with Gasteiger partial charge in [0.15, 0.2) is 0 Å². The van der Waals surface area contributed by atoms with E-state index in [-0.39, 0.29) is 6.04 Å². The number of halogens is 1. The summed E-state index contributed by atoms with van der Waals surface area (Å²) in [5.41, 5.74) is 4.63. The summed E-state index contributed by atoms with van der Waals surface area (Å²) in [4.78, 5) is 15.0. The van der Waals surface area contributed by atoms with Crippen LogP contribution < -0.4 is 5.32 Å². The molecule has 1 aliphatic rings. The molecular formula is C25H25ClN6O. The zero-order valence-corrected chi connectivity index (χ0v) is 18.9. The Morgan fingerprint density at radius 3 is 2.73 bits per heavy atom. The number of hydrogen-bond acceptors (Lipinski definition) is 6. The molecule has 2 aromatic heterocycles. The van der Waals surface area contributed by atoms with Crippen molar-refractivity contribution >= 4 is 23.1 Å². The fraction of sp³-hybridized carbons (Fsp3) is 0.240. The standard InChI is InChI=1S/C25H25ClN6O/c26-23-15-24(29-17-28-23)30-21-6-3-5-19(14-21)25(32-9-8-27-18-32)22-7-2-1-4-20(22)16-31-10-12-33-13-11-31/h1-9,14-15,17-18,25H,10-13,16H2,(H,28,29,30). The highest BCUT2D eigenvalue weighted by Crippen LogP contribution is 2.32. The topological polar surface area (TPSA) is 68.1 Å². The van der Waals surface area contributed by atoms with E-state index in [1.54, 1.807) is 6.07 Å². The van der Waals surface area contributed by atoms with Crippen molar-refractivity contribution in [3.05, 3.63) is 101 Å². The van der Waals surface area contributed by atoms with Gasteiger partial charge in [-0.2, -0.15) is 0 Å². The molecule has 0 radical (unpaired) electrons. The summed E-state index contributed by atoms with van der Waals surface area (Å²) in [5, 5.41) is 3.73. The number of ether oxygens (including phenoxy) is 1. The lowest BCUT2D eigenvalue weighted by Crippen LogP contribution is -2.36. The highest BCUT2D eigenvalue weighted by atomic mass is 35.5. The molecule has 0 bridgehead atoms. The van der Waals surface area contributed by atoms with Crippen LogP contribution in [0.2, 0.25) is 5.15 Å². The molecule has 7 nitrogen and oxygen atoms in total. The number of anilines is 2. The molecule has 8 heteroatoms. The summed E-state index contributed by atoms with van der Waals surface area (Å²) in [6.45, 7) is 4.36. The van der Waals surface area contributed by atoms with E-state index >= 15 is 0 Å². The van der Waals surface area contributed by atoms with Crippen LogP contribution in [0, 0.1) is 0 Å². The molecule has 0 amide bonds. The number of benzene rings is 2. The van der Waals surface area contributed by atoms with Gasteiger partial charge >= 0.3 is 0 Å². The van der Waals surface area contributed by atoms with E-state index in [1.807, 2.05) is 24.8 Å². The van der Waals surface area contributed by atoms with Gasteiger partial charge in [-0.25, -0.2) is 15.0 Å². The van der Waals surface area contributed by atoms with Crippen molar-refractivity contribution in [1.82, 2.24) is 24.4 Å². The minimum atomic E-state index is -0.0134. The van der Waals surface area contributed by atoms with Crippen LogP contribution in [-0.2, 0) is 11.3 Å². The summed E-state index contributed by atoms with van der Waals surface area (Å²) in [7, 11) is 0. The van der Waals surface area contributed by atoms with Crippen molar-refractivity contribution in [2.45, 2.75) is 12.6 Å². The molecule has 1 saturated heterocycles. The number of imidazole rings is 1. The van der Waals surface area contributed by atoms with Crippen LogP contribution in [0.1, 0.15) is 22.7 Å². The van der Waals surface area contributed by atoms with Crippen LogP contribution in [0.25, 0.3) is 0 Å². The average molecular weight is 461 g/mol. The largest absolute Gasteiger partial charge is 0.379 e. The third kappa shape index (κ3) is 5.22. The van der Waals surface area contributed by atoms with Gasteiger partial charge < -0.3 is 14.6 Å². The first-order valence-electron chi connectivity index (χ1n) is 11.0. The Hall–Kier alpha value is -3.26. The third-order valence-electron chi connectivity index (χ3n) is 5.78. The lowest BCUT2D eigenvalue weighted by molar-refractivity contribution is 0.0340. The number of rotatable bonds is 7. The molecule has 168 valence electrons. The van der Waals surface area contributed by atoms with Gasteiger partial charge in [0, 0.05) is 43.8 Å². The van der Waals surface area contributed by atoms with Crippen LogP contribution >= 0.6 is 11.6 Å². The maximum absolute atomic E-state index is 6.02. The third-order valence-corrected chi connectivity index (χ3v) is 5.99. The summed E-state index contributed by atoms with van der Waals surface area (Å²) in [5.74, 6) is 0.652. The van der Waals surface area contributed by atoms with Gasteiger partial charge in [-0.15, -0.1) is 0 Å². The first-order valence-corrected chi connectivity index (χ1v) is 11.3. The SMILES string of the molecule is Clc1cc(Nc2cccc(C(c3ccccc3CN3CCOCC3)n3ccnc3)c2)ncn1. The Kier molecular flexibility index (Phi) is 6.62. The fourth-order valence-corrected chi connectivity index (χ4v) is 4.36. The van der Waals surface area contributed by atoms with Gasteiger partial charge in [0.1, 0.15) is 17.3 Å². The van der Waals surface area contributed by atoms with Crippen molar-refractivity contribution < 1.29 is 4.74 Å². The van der Waals surface area contributed by atoms with Crippen LogP contribution in [0.3, 0.4) is 0 Å². The highest BCUT2D eigenvalue weighted by molar-refractivity contribution is 6.29. The second kappa shape index (κ2) is 10.1. The van der Waals surface area contributed by atoms with Crippen LogP contribution in [-0.4, -0.2) is 50.7 Å². The first kappa shape index (κ1) is 21.6. The Balaban J connectivity index is 1.50. The van der Waals surface area contributed by atoms with Gasteiger partial charge in [-0.3, -0.25) is 4.90 Å². The monoisotopic (exact) mass is 460 g/mol. The minimum absolute atomic E-state index is 0.0134. The fourth-order valence-electron chi connectivity index (χ4n) is 4.22. The minimum Gasteiger partial charge on any atom is -0.379 e. The molecule has 0 aliphatic carbocycles. The number of nitrogens with zero attached hydrogens (tertiary/aromatic N) is 5. The number of hydrogen-bond donors (Lipinski definition) is 1. The van der Waals surface area contributed by atoms with E-state index in [9.17, 15) is 0 Å². The van der Waals surface area contributed by atoms with Gasteiger partial charge in [0.05, 0.1) is 25.6 Å². The molecule has 1 N–H and O–H groups in total. The number of morpholine rings is 1. The number of aromatic nitrogens is 4. The Labute approximate surface area is 198 Å². The van der Waals surface area contributed by atoms with Crippen molar-refractivity contribution in [3.63, 3.8) is 0 Å². The number of nitrogens with one attached hydrogen (secondary N) is 1. The molecule has 3 heterocycles. The molecular weight excluding hydrogens is 436 g/mol. The lowest BCUT2D eigenvalue weighted by Gasteiger charge is -2.29. The zero-order chi connectivity index (χ0) is 22.5. The maximum atomic E-state index is 6.02. The highest BCUT2D eigenvalue weighted by Gasteiger charge is 2.21. The summed E-state index contributed by atoms with van der Waals surface area (Å²) in [6, 6.07) is 18.7. The van der Waals surface area contributed by atoms with Gasteiger partial charge in [-0.05, 0) is 28.8 Å². The molecule has 5 rings (SSSR count). The van der Waals surface area contributed by atoms with Crippen molar-refractivity contribution in [1.29, 1.82) is 0 Å². The normalized spacial score (nSPS) is 15.3. The summed E-state index contributed by atoms with van der Waals surface area (Å²) < 4.78 is 7.69. The van der Waals surface area contributed by atoms with E-state index in [0.29, 0.717) is 11.0 Å². The second-order valence-electron chi connectivity index (χ2n) is 7.98. The zero-order valence-electron chi connectivity index (χ0n) is 18.1. The van der Waals surface area contributed by atoms with E-state index in [1.165, 1.54) is 17.5 Å². The van der Waals surface area contributed by atoms with E-state index in [2.05, 4.69) is 72.2 Å². The summed E-state index contributed by atoms with van der Waals surface area (Å²) >= 11 is 6.02. The van der Waals surface area contributed by atoms with Crippen LogP contribution in [0.4, 0.5) is 11.5 Å². The van der Waals surface area contributed by atoms with E-state index < -0.39 is 0 Å². The molecule has 1 fully saturated rings. The van der Waals surface area contributed by atoms with Crippen LogP contribution in [0.5, 0.6) is 0 Å². The van der Waals surface area contributed by atoms with E-state index in [0.717, 1.165) is 44.1 Å². The Morgan fingerprint density at radius 1 is 1.03 bits per heavy atom. The molecule has 0 saturated carbocycles. The van der Waals surface area contributed by atoms with Crippen LogP contribution in [0.15, 0.2) is 79.6 Å².